The molecule has 2 heterocycles. The Hall–Kier alpha value is -0.790. The Kier molecular flexibility index (Phi) is 5.42. The van der Waals surface area contributed by atoms with Gasteiger partial charge in [0.1, 0.15) is 6.04 Å². The smallest absolute Gasteiger partial charge is 0.250 e. The molecule has 6 nitrogen and oxygen atoms in total. The first-order valence-corrected chi connectivity index (χ1v) is 9.84. The summed E-state index contributed by atoms with van der Waals surface area (Å²) in [6.45, 7) is 0. The quantitative estimate of drug-likeness (QED) is 0.877. The summed E-state index contributed by atoms with van der Waals surface area (Å²) < 4.78 is 5.52. The Morgan fingerprint density at radius 2 is 1.96 bits per heavy atom. The van der Waals surface area contributed by atoms with Gasteiger partial charge >= 0.3 is 0 Å². The molecule has 3 fully saturated rings. The number of nitrogens with two attached hydrogens (primary N) is 1. The molecule has 3 aliphatic rings. The first-order valence-electron chi connectivity index (χ1n) is 8.68. The van der Waals surface area contributed by atoms with Gasteiger partial charge < -0.3 is 15.2 Å². The van der Waals surface area contributed by atoms with Crippen molar-refractivity contribution in [1.29, 1.82) is 0 Å². The van der Waals surface area contributed by atoms with Crippen molar-refractivity contribution in [1.82, 2.24) is 15.0 Å². The molecule has 1 amide bonds. The Labute approximate surface area is 152 Å². The number of hydrogen-bond donors (Lipinski definition) is 1. The van der Waals surface area contributed by atoms with E-state index in [1.807, 2.05) is 4.90 Å². The van der Waals surface area contributed by atoms with Crippen LogP contribution in [0.15, 0.2) is 4.52 Å². The van der Waals surface area contributed by atoms with E-state index in [9.17, 15) is 4.79 Å². The molecule has 1 aromatic heterocycles. The van der Waals surface area contributed by atoms with E-state index in [-0.39, 0.29) is 30.3 Å². The fourth-order valence-corrected chi connectivity index (χ4v) is 5.23. The molecule has 24 heavy (non-hydrogen) atoms. The SMILES string of the molecule is Cl.NC1(c2noc(C3CSCN3C(=O)C3CCCC3)n2)CCCC1. The van der Waals surface area contributed by atoms with Crippen molar-refractivity contribution < 1.29 is 9.32 Å². The van der Waals surface area contributed by atoms with Crippen molar-refractivity contribution in [3.63, 3.8) is 0 Å². The number of rotatable bonds is 3. The lowest BCUT2D eigenvalue weighted by molar-refractivity contribution is -0.136. The van der Waals surface area contributed by atoms with Crippen LogP contribution in [0.1, 0.15) is 69.1 Å². The van der Waals surface area contributed by atoms with Gasteiger partial charge in [-0.15, -0.1) is 24.2 Å². The Morgan fingerprint density at radius 3 is 2.67 bits per heavy atom. The number of halogens is 1. The van der Waals surface area contributed by atoms with Gasteiger partial charge in [0.2, 0.25) is 11.8 Å². The minimum absolute atomic E-state index is 0. The molecule has 0 bridgehead atoms. The molecular formula is C16H25ClN4O2S. The number of nitrogens with zero attached hydrogens (tertiary/aromatic N) is 3. The van der Waals surface area contributed by atoms with E-state index in [1.165, 1.54) is 12.8 Å². The van der Waals surface area contributed by atoms with Gasteiger partial charge in [-0.2, -0.15) is 4.98 Å². The van der Waals surface area contributed by atoms with Crippen molar-refractivity contribution in [3.8, 4) is 0 Å². The first kappa shape index (κ1) is 18.0. The van der Waals surface area contributed by atoms with Gasteiger partial charge in [-0.05, 0) is 25.7 Å². The largest absolute Gasteiger partial charge is 0.337 e. The zero-order valence-corrected chi connectivity index (χ0v) is 15.4. The number of amides is 1. The van der Waals surface area contributed by atoms with E-state index in [0.29, 0.717) is 11.7 Å². The summed E-state index contributed by atoms with van der Waals surface area (Å²) in [5.41, 5.74) is 5.98. The van der Waals surface area contributed by atoms with Gasteiger partial charge in [-0.25, -0.2) is 0 Å². The van der Waals surface area contributed by atoms with E-state index in [2.05, 4.69) is 10.1 Å². The summed E-state index contributed by atoms with van der Waals surface area (Å²) in [6, 6.07) is -0.0839. The Morgan fingerprint density at radius 1 is 1.25 bits per heavy atom. The number of carbonyl (C=O) groups is 1. The normalized spacial score (nSPS) is 26.7. The zero-order valence-electron chi connectivity index (χ0n) is 13.8. The summed E-state index contributed by atoms with van der Waals surface area (Å²) >= 11 is 1.76. The van der Waals surface area contributed by atoms with Gasteiger partial charge in [0.25, 0.3) is 0 Å². The van der Waals surface area contributed by atoms with Crippen LogP contribution in [0, 0.1) is 5.92 Å². The van der Waals surface area contributed by atoms with Crippen LogP contribution in [0.4, 0.5) is 0 Å². The van der Waals surface area contributed by atoms with Crippen LogP contribution in [-0.2, 0) is 10.3 Å². The van der Waals surface area contributed by atoms with Crippen LogP contribution in [0.3, 0.4) is 0 Å². The predicted molar refractivity (Wildman–Crippen MR) is 94.7 cm³/mol. The van der Waals surface area contributed by atoms with Crippen LogP contribution in [0.5, 0.6) is 0 Å². The van der Waals surface area contributed by atoms with E-state index in [4.69, 9.17) is 10.3 Å². The molecular weight excluding hydrogens is 348 g/mol. The lowest BCUT2D eigenvalue weighted by Crippen LogP contribution is -2.36. The van der Waals surface area contributed by atoms with Crippen LogP contribution in [0.25, 0.3) is 0 Å². The number of thioether (sulfide) groups is 1. The third-order valence-corrected chi connectivity index (χ3v) is 6.55. The highest BCUT2D eigenvalue weighted by atomic mass is 35.5. The molecule has 8 heteroatoms. The van der Waals surface area contributed by atoms with E-state index < -0.39 is 5.54 Å². The summed E-state index contributed by atoms with van der Waals surface area (Å²) in [6.07, 6.45) is 8.44. The summed E-state index contributed by atoms with van der Waals surface area (Å²) in [5.74, 6) is 3.20. The molecule has 2 aliphatic carbocycles. The molecule has 1 saturated heterocycles. The maximum absolute atomic E-state index is 12.8. The fourth-order valence-electron chi connectivity index (χ4n) is 4.07. The van der Waals surface area contributed by atoms with Crippen molar-refractivity contribution in [2.45, 2.75) is 62.9 Å². The third kappa shape index (κ3) is 3.18. The highest BCUT2D eigenvalue weighted by molar-refractivity contribution is 7.99. The highest BCUT2D eigenvalue weighted by Gasteiger charge is 2.41. The number of carbonyl (C=O) groups excluding carboxylic acids is 1. The maximum atomic E-state index is 12.8. The molecule has 0 spiro atoms. The molecule has 1 aliphatic heterocycles. The van der Waals surface area contributed by atoms with Gasteiger partial charge in [0.15, 0.2) is 5.82 Å². The van der Waals surface area contributed by atoms with Gasteiger partial charge in [0, 0.05) is 11.7 Å². The predicted octanol–water partition coefficient (Wildman–Crippen LogP) is 2.98. The van der Waals surface area contributed by atoms with E-state index in [1.54, 1.807) is 11.8 Å². The second kappa shape index (κ2) is 7.22. The fraction of sp³-hybridized carbons (Fsp3) is 0.812. The van der Waals surface area contributed by atoms with Crippen molar-refractivity contribution in [2.75, 3.05) is 11.6 Å². The van der Waals surface area contributed by atoms with Crippen LogP contribution >= 0.6 is 24.2 Å². The minimum Gasteiger partial charge on any atom is -0.337 e. The van der Waals surface area contributed by atoms with Gasteiger partial charge in [-0.3, -0.25) is 4.79 Å². The third-order valence-electron chi connectivity index (χ3n) is 5.54. The van der Waals surface area contributed by atoms with Crippen LogP contribution in [0.2, 0.25) is 0 Å². The van der Waals surface area contributed by atoms with Crippen LogP contribution in [-0.4, -0.2) is 32.6 Å². The van der Waals surface area contributed by atoms with Crippen LogP contribution < -0.4 is 5.73 Å². The van der Waals surface area contributed by atoms with Crippen molar-refractivity contribution in [2.24, 2.45) is 11.7 Å². The molecule has 2 saturated carbocycles. The van der Waals surface area contributed by atoms with Gasteiger partial charge in [-0.1, -0.05) is 30.8 Å². The maximum Gasteiger partial charge on any atom is 0.250 e. The summed E-state index contributed by atoms with van der Waals surface area (Å²) in [4.78, 5) is 19.3. The first-order chi connectivity index (χ1) is 11.2. The van der Waals surface area contributed by atoms with Crippen molar-refractivity contribution >= 4 is 30.1 Å². The van der Waals surface area contributed by atoms with E-state index >= 15 is 0 Å². The Balaban J connectivity index is 0.00000169. The van der Waals surface area contributed by atoms with Crippen molar-refractivity contribution in [3.05, 3.63) is 11.7 Å². The van der Waals surface area contributed by atoms with E-state index in [0.717, 1.165) is 50.2 Å². The standard InChI is InChI=1S/C16H24N4O2S.ClH/c17-16(7-3-4-8-16)15-18-13(22-19-15)12-9-23-10-20(12)14(21)11-5-1-2-6-11;/h11-12H,1-10,17H2;1H. The molecule has 2 N–H and O–H groups in total. The number of hydrogen-bond acceptors (Lipinski definition) is 6. The molecule has 134 valence electrons. The highest BCUT2D eigenvalue weighted by Crippen LogP contribution is 2.39. The molecule has 1 unspecified atom stereocenters. The number of aromatic nitrogens is 2. The molecule has 0 aromatic carbocycles. The van der Waals surface area contributed by atoms with Gasteiger partial charge in [0.05, 0.1) is 11.4 Å². The lowest BCUT2D eigenvalue weighted by atomic mass is 9.98. The second-order valence-electron chi connectivity index (χ2n) is 7.12. The second-order valence-corrected chi connectivity index (χ2v) is 8.12. The monoisotopic (exact) mass is 372 g/mol. The summed E-state index contributed by atoms with van der Waals surface area (Å²) in [7, 11) is 0. The topological polar surface area (TPSA) is 85.2 Å². The summed E-state index contributed by atoms with van der Waals surface area (Å²) in [5, 5.41) is 4.15. The molecule has 1 aromatic rings. The molecule has 4 rings (SSSR count). The molecule has 1 atom stereocenters. The average molecular weight is 373 g/mol. The lowest BCUT2D eigenvalue weighted by Gasteiger charge is -2.24. The zero-order chi connectivity index (χ0) is 15.9. The molecule has 0 radical (unpaired) electrons. The minimum atomic E-state index is -0.437. The average Bonchev–Trinajstić information content (AvgIpc) is 3.30. The Bertz CT molecular complexity index is 584.